The van der Waals surface area contributed by atoms with E-state index in [1.807, 2.05) is 0 Å². The molecule has 0 N–H and O–H groups in total. The molecular formula is C7H8ClNO3. The third-order valence-corrected chi connectivity index (χ3v) is 1.43. The van der Waals surface area contributed by atoms with Gasteiger partial charge in [0.25, 0.3) is 0 Å². The number of ether oxygens (including phenoxy) is 1. The molecule has 0 saturated heterocycles. The third kappa shape index (κ3) is 2.23. The van der Waals surface area contributed by atoms with Crippen LogP contribution in [0.25, 0.3) is 0 Å². The molecule has 0 aliphatic rings. The van der Waals surface area contributed by atoms with Gasteiger partial charge in [0.15, 0.2) is 18.3 Å². The number of rotatable bonds is 2. The highest BCUT2D eigenvalue weighted by Crippen LogP contribution is 2.10. The Bertz CT molecular complexity index is 295. The summed E-state index contributed by atoms with van der Waals surface area (Å²) in [4.78, 5) is 14.2. The Balaban J connectivity index is 2.62. The summed E-state index contributed by atoms with van der Waals surface area (Å²) in [6.45, 7) is 3.53. The van der Waals surface area contributed by atoms with Crippen molar-refractivity contribution in [2.24, 2.45) is 0 Å². The van der Waals surface area contributed by atoms with Crippen molar-refractivity contribution in [1.29, 1.82) is 0 Å². The molecule has 0 amide bonds. The quantitative estimate of drug-likeness (QED) is 0.669. The van der Waals surface area contributed by atoms with Gasteiger partial charge in [-0.15, -0.1) is 0 Å². The van der Waals surface area contributed by atoms with E-state index in [0.29, 0.717) is 17.3 Å². The van der Waals surface area contributed by atoms with Crippen LogP contribution < -0.4 is 0 Å². The molecule has 0 aliphatic carbocycles. The minimum Gasteiger partial charge on any atom is -0.445 e. The molecule has 0 unspecified atom stereocenters. The molecular weight excluding hydrogens is 182 g/mol. The van der Waals surface area contributed by atoms with Crippen LogP contribution in [0.2, 0.25) is 0 Å². The van der Waals surface area contributed by atoms with Gasteiger partial charge < -0.3 is 9.15 Å². The van der Waals surface area contributed by atoms with Gasteiger partial charge in [-0.05, 0) is 6.92 Å². The van der Waals surface area contributed by atoms with Crippen LogP contribution in [0, 0.1) is 13.8 Å². The number of nitrogens with zero attached hydrogens (tertiary/aromatic N) is 1. The lowest BCUT2D eigenvalue weighted by atomic mass is 10.4. The fourth-order valence-corrected chi connectivity index (χ4v) is 0.884. The summed E-state index contributed by atoms with van der Waals surface area (Å²) >= 11 is 4.96. The van der Waals surface area contributed by atoms with Gasteiger partial charge in [0, 0.05) is 18.5 Å². The number of halogens is 1. The van der Waals surface area contributed by atoms with Crippen molar-refractivity contribution in [2.45, 2.75) is 20.5 Å². The smallest absolute Gasteiger partial charge is 0.404 e. The summed E-state index contributed by atoms with van der Waals surface area (Å²) in [6.07, 6.45) is 0. The molecule has 5 heteroatoms. The zero-order valence-corrected chi connectivity index (χ0v) is 7.51. The SMILES string of the molecule is Cc1nc(C)c(COC(=O)Cl)o1. The highest BCUT2D eigenvalue weighted by atomic mass is 35.5. The van der Waals surface area contributed by atoms with Crippen LogP contribution in [0.4, 0.5) is 4.79 Å². The van der Waals surface area contributed by atoms with Gasteiger partial charge in [0.2, 0.25) is 0 Å². The maximum atomic E-state index is 10.2. The minimum absolute atomic E-state index is 0.0367. The molecule has 0 spiro atoms. The van der Waals surface area contributed by atoms with Crippen molar-refractivity contribution in [3.8, 4) is 0 Å². The van der Waals surface area contributed by atoms with Gasteiger partial charge in [-0.25, -0.2) is 9.78 Å². The van der Waals surface area contributed by atoms with Crippen LogP contribution in [0.5, 0.6) is 0 Å². The fraction of sp³-hybridized carbons (Fsp3) is 0.429. The second kappa shape index (κ2) is 3.58. The topological polar surface area (TPSA) is 52.3 Å². The molecule has 0 aliphatic heterocycles. The highest BCUT2D eigenvalue weighted by Gasteiger charge is 2.07. The normalized spacial score (nSPS) is 9.92. The number of aryl methyl sites for hydroxylation is 2. The van der Waals surface area contributed by atoms with Gasteiger partial charge in [-0.2, -0.15) is 0 Å². The molecule has 12 heavy (non-hydrogen) atoms. The molecule has 1 rings (SSSR count). The number of carbonyl (C=O) groups is 1. The average Bonchev–Trinajstić information content (AvgIpc) is 2.26. The molecule has 0 bridgehead atoms. The zero-order chi connectivity index (χ0) is 9.14. The maximum Gasteiger partial charge on any atom is 0.404 e. The lowest BCUT2D eigenvalue weighted by Crippen LogP contribution is -1.94. The Hall–Kier alpha value is -1.03. The van der Waals surface area contributed by atoms with Crippen LogP contribution >= 0.6 is 11.6 Å². The van der Waals surface area contributed by atoms with Crippen molar-refractivity contribution in [1.82, 2.24) is 4.98 Å². The first kappa shape index (κ1) is 9.06. The van der Waals surface area contributed by atoms with Crippen LogP contribution in [0.1, 0.15) is 17.3 Å². The number of oxazole rings is 1. The van der Waals surface area contributed by atoms with Gasteiger partial charge in [0.05, 0.1) is 5.69 Å². The van der Waals surface area contributed by atoms with Crippen molar-refractivity contribution < 1.29 is 13.9 Å². The number of hydrogen-bond acceptors (Lipinski definition) is 4. The molecule has 1 heterocycles. The first-order valence-corrected chi connectivity index (χ1v) is 3.72. The van der Waals surface area contributed by atoms with Gasteiger partial charge in [-0.1, -0.05) is 0 Å². The standard InChI is InChI=1S/C7H8ClNO3/c1-4-6(3-11-7(8)10)12-5(2)9-4/h3H2,1-2H3. The van der Waals surface area contributed by atoms with Gasteiger partial charge >= 0.3 is 5.43 Å². The molecule has 0 radical (unpaired) electrons. The molecule has 0 saturated carbocycles. The van der Waals surface area contributed by atoms with E-state index in [1.165, 1.54) is 0 Å². The molecule has 1 aromatic rings. The Morgan fingerprint density at radius 3 is 2.75 bits per heavy atom. The van der Waals surface area contributed by atoms with E-state index in [0.717, 1.165) is 0 Å². The Kier molecular flexibility index (Phi) is 2.70. The van der Waals surface area contributed by atoms with Gasteiger partial charge in [0.1, 0.15) is 0 Å². The van der Waals surface area contributed by atoms with E-state index in [1.54, 1.807) is 13.8 Å². The van der Waals surface area contributed by atoms with Crippen molar-refractivity contribution >= 4 is 17.0 Å². The van der Waals surface area contributed by atoms with Gasteiger partial charge in [-0.3, -0.25) is 0 Å². The lowest BCUT2D eigenvalue weighted by Gasteiger charge is -1.95. The van der Waals surface area contributed by atoms with E-state index >= 15 is 0 Å². The van der Waals surface area contributed by atoms with Crippen molar-refractivity contribution in [3.05, 3.63) is 17.3 Å². The van der Waals surface area contributed by atoms with E-state index in [2.05, 4.69) is 9.72 Å². The second-order valence-electron chi connectivity index (χ2n) is 2.27. The number of hydrogen-bond donors (Lipinski definition) is 0. The van der Waals surface area contributed by atoms with Crippen molar-refractivity contribution in [2.75, 3.05) is 0 Å². The minimum atomic E-state index is -0.844. The monoisotopic (exact) mass is 189 g/mol. The summed E-state index contributed by atoms with van der Waals surface area (Å²) in [5.74, 6) is 1.08. The van der Waals surface area contributed by atoms with E-state index in [9.17, 15) is 4.79 Å². The molecule has 1 aromatic heterocycles. The Morgan fingerprint density at radius 2 is 2.33 bits per heavy atom. The Morgan fingerprint density at radius 1 is 1.67 bits per heavy atom. The maximum absolute atomic E-state index is 10.2. The van der Waals surface area contributed by atoms with Crippen LogP contribution in [-0.2, 0) is 11.3 Å². The first-order valence-electron chi connectivity index (χ1n) is 3.34. The van der Waals surface area contributed by atoms with E-state index < -0.39 is 5.43 Å². The summed E-state index contributed by atoms with van der Waals surface area (Å²) in [7, 11) is 0. The third-order valence-electron chi connectivity index (χ3n) is 1.32. The molecule has 0 fully saturated rings. The number of aromatic nitrogens is 1. The molecule has 66 valence electrons. The lowest BCUT2D eigenvalue weighted by molar-refractivity contribution is 0.156. The summed E-state index contributed by atoms with van der Waals surface area (Å²) in [5.41, 5.74) is -0.131. The summed E-state index contributed by atoms with van der Waals surface area (Å²) in [6, 6.07) is 0. The number of carbonyl (C=O) groups excluding carboxylic acids is 1. The van der Waals surface area contributed by atoms with Crippen molar-refractivity contribution in [3.63, 3.8) is 0 Å². The van der Waals surface area contributed by atoms with Crippen LogP contribution in [0.3, 0.4) is 0 Å². The fourth-order valence-electron chi connectivity index (χ4n) is 0.830. The predicted octanol–water partition coefficient (Wildman–Crippen LogP) is 2.17. The van der Waals surface area contributed by atoms with Crippen LogP contribution in [0.15, 0.2) is 4.42 Å². The van der Waals surface area contributed by atoms with E-state index in [4.69, 9.17) is 16.0 Å². The highest BCUT2D eigenvalue weighted by molar-refractivity contribution is 6.61. The zero-order valence-electron chi connectivity index (χ0n) is 6.76. The van der Waals surface area contributed by atoms with Crippen LogP contribution in [-0.4, -0.2) is 10.4 Å². The summed E-state index contributed by atoms with van der Waals surface area (Å²) < 4.78 is 9.63. The molecule has 4 nitrogen and oxygen atoms in total. The first-order chi connectivity index (χ1) is 5.59. The second-order valence-corrected chi connectivity index (χ2v) is 2.58. The summed E-state index contributed by atoms with van der Waals surface area (Å²) in [5, 5.41) is 0. The van der Waals surface area contributed by atoms with E-state index in [-0.39, 0.29) is 6.61 Å². The Labute approximate surface area is 74.5 Å². The largest absolute Gasteiger partial charge is 0.445 e. The molecule has 0 atom stereocenters. The predicted molar refractivity (Wildman–Crippen MR) is 42.0 cm³/mol. The molecule has 0 aromatic carbocycles. The average molecular weight is 190 g/mol.